The number of hydrogen-bond donors (Lipinski definition) is 2. The number of benzene rings is 1. The Balaban J connectivity index is 2.20. The Morgan fingerprint density at radius 3 is 2.89 bits per heavy atom. The molecule has 2 atom stereocenters. The highest BCUT2D eigenvalue weighted by Crippen LogP contribution is 2.28. The van der Waals surface area contributed by atoms with Gasteiger partial charge in [-0.1, -0.05) is 31.2 Å². The smallest absolute Gasteiger partial charge is 0.312 e. The molecule has 4 heteroatoms. The summed E-state index contributed by atoms with van der Waals surface area (Å²) in [5.41, 5.74) is 2.01. The maximum absolute atomic E-state index is 11.3. The number of aliphatic hydroxyl groups is 1. The zero-order chi connectivity index (χ0) is 13.1. The van der Waals surface area contributed by atoms with E-state index in [4.69, 9.17) is 5.11 Å². The minimum atomic E-state index is -0.774. The lowest BCUT2D eigenvalue weighted by Gasteiger charge is -2.34. The number of aliphatic carboxylic acids is 1. The summed E-state index contributed by atoms with van der Waals surface area (Å²) in [6.07, 6.45) is 0. The molecule has 0 saturated carbocycles. The van der Waals surface area contributed by atoms with Crippen LogP contribution in [0.2, 0.25) is 0 Å². The van der Waals surface area contributed by atoms with E-state index in [9.17, 15) is 9.90 Å². The molecule has 0 radical (unpaired) electrons. The fourth-order valence-electron chi connectivity index (χ4n) is 2.53. The van der Waals surface area contributed by atoms with Gasteiger partial charge < -0.3 is 10.2 Å². The molecule has 1 aromatic carbocycles. The topological polar surface area (TPSA) is 60.8 Å². The quantitative estimate of drug-likeness (QED) is 0.844. The van der Waals surface area contributed by atoms with Crippen LogP contribution in [-0.2, 0) is 11.3 Å². The number of carboxylic acid groups (broad SMARTS) is 1. The Kier molecular flexibility index (Phi) is 3.99. The maximum atomic E-state index is 11.3. The first kappa shape index (κ1) is 13.1. The van der Waals surface area contributed by atoms with Crippen molar-refractivity contribution in [2.75, 3.05) is 19.7 Å². The predicted octanol–water partition coefficient (Wildman–Crippen LogP) is 1.30. The molecule has 2 N–H and O–H groups in total. The summed E-state index contributed by atoms with van der Waals surface area (Å²) in [6.45, 7) is 4.13. The van der Waals surface area contributed by atoms with E-state index in [0.29, 0.717) is 6.54 Å². The van der Waals surface area contributed by atoms with Crippen LogP contribution in [0.3, 0.4) is 0 Å². The molecule has 4 nitrogen and oxygen atoms in total. The van der Waals surface area contributed by atoms with Gasteiger partial charge in [-0.25, -0.2) is 0 Å². The number of hydrogen-bond acceptors (Lipinski definition) is 3. The first-order chi connectivity index (χ1) is 8.61. The Bertz CT molecular complexity index is 433. The lowest BCUT2D eigenvalue weighted by atomic mass is 9.89. The molecule has 2 unspecified atom stereocenters. The van der Waals surface area contributed by atoms with Crippen molar-refractivity contribution in [2.45, 2.75) is 19.4 Å². The van der Waals surface area contributed by atoms with E-state index in [0.717, 1.165) is 24.2 Å². The number of nitrogens with zero attached hydrogens (tertiary/aromatic N) is 1. The van der Waals surface area contributed by atoms with E-state index in [2.05, 4.69) is 4.90 Å². The highest BCUT2D eigenvalue weighted by Gasteiger charge is 2.30. The molecule has 0 bridgehead atoms. The molecule has 1 aliphatic rings. The highest BCUT2D eigenvalue weighted by atomic mass is 16.4. The van der Waals surface area contributed by atoms with Crippen molar-refractivity contribution in [3.05, 3.63) is 35.4 Å². The Morgan fingerprint density at radius 2 is 2.22 bits per heavy atom. The molecular weight excluding hydrogens is 230 g/mol. The molecular formula is C14H19NO3. The summed E-state index contributed by atoms with van der Waals surface area (Å²) in [4.78, 5) is 13.5. The molecule has 0 amide bonds. The molecule has 0 saturated heterocycles. The van der Waals surface area contributed by atoms with Crippen molar-refractivity contribution in [1.82, 2.24) is 4.90 Å². The fourth-order valence-corrected chi connectivity index (χ4v) is 2.53. The van der Waals surface area contributed by atoms with E-state index < -0.39 is 11.9 Å². The summed E-state index contributed by atoms with van der Waals surface area (Å²) in [5, 5.41) is 18.4. The zero-order valence-electron chi connectivity index (χ0n) is 10.5. The summed E-state index contributed by atoms with van der Waals surface area (Å²) >= 11 is 0. The molecule has 0 aliphatic carbocycles. The van der Waals surface area contributed by atoms with Crippen LogP contribution < -0.4 is 0 Å². The van der Waals surface area contributed by atoms with Crippen LogP contribution in [0.1, 0.15) is 24.0 Å². The van der Waals surface area contributed by atoms with Gasteiger partial charge in [-0.05, 0) is 17.0 Å². The third-order valence-corrected chi connectivity index (χ3v) is 3.44. The van der Waals surface area contributed by atoms with E-state index in [1.54, 1.807) is 0 Å². The van der Waals surface area contributed by atoms with Gasteiger partial charge in [0.15, 0.2) is 0 Å². The number of fused-ring (bicyclic) bond motifs is 1. The monoisotopic (exact) mass is 249 g/mol. The number of carbonyl (C=O) groups is 1. The molecule has 0 spiro atoms. The SMILES string of the molecule is CC(CO)CN1Cc2ccccc2C(C(=O)O)C1. The highest BCUT2D eigenvalue weighted by molar-refractivity contribution is 5.77. The first-order valence-corrected chi connectivity index (χ1v) is 6.25. The third kappa shape index (κ3) is 2.71. The van der Waals surface area contributed by atoms with E-state index in [1.165, 1.54) is 0 Å². The van der Waals surface area contributed by atoms with Gasteiger partial charge in [-0.3, -0.25) is 9.69 Å². The van der Waals surface area contributed by atoms with E-state index in [-0.39, 0.29) is 12.5 Å². The van der Waals surface area contributed by atoms with Crippen LogP contribution in [0.5, 0.6) is 0 Å². The Hall–Kier alpha value is -1.39. The summed E-state index contributed by atoms with van der Waals surface area (Å²) in [5.74, 6) is -1.06. The van der Waals surface area contributed by atoms with Gasteiger partial charge in [0, 0.05) is 26.2 Å². The molecule has 1 aliphatic heterocycles. The molecule has 98 valence electrons. The van der Waals surface area contributed by atoms with Crippen molar-refractivity contribution in [3.8, 4) is 0 Å². The van der Waals surface area contributed by atoms with Crippen molar-refractivity contribution < 1.29 is 15.0 Å². The van der Waals surface area contributed by atoms with Crippen LogP contribution in [-0.4, -0.2) is 40.8 Å². The first-order valence-electron chi connectivity index (χ1n) is 6.25. The average Bonchev–Trinajstić information content (AvgIpc) is 2.37. The summed E-state index contributed by atoms with van der Waals surface area (Å²) < 4.78 is 0. The van der Waals surface area contributed by atoms with Crippen LogP contribution >= 0.6 is 0 Å². The van der Waals surface area contributed by atoms with Gasteiger partial charge in [0.25, 0.3) is 0 Å². The number of carboxylic acids is 1. The number of aliphatic hydroxyl groups excluding tert-OH is 1. The lowest BCUT2D eigenvalue weighted by Crippen LogP contribution is -2.39. The van der Waals surface area contributed by atoms with Gasteiger partial charge in [0.05, 0.1) is 5.92 Å². The van der Waals surface area contributed by atoms with E-state index in [1.807, 2.05) is 31.2 Å². The zero-order valence-corrected chi connectivity index (χ0v) is 10.5. The predicted molar refractivity (Wildman–Crippen MR) is 68.3 cm³/mol. The standard InChI is InChI=1S/C14H19NO3/c1-10(9-16)6-15-7-11-4-2-3-5-12(11)13(8-15)14(17)18/h2-5,10,13,16H,6-9H2,1H3,(H,17,18). The minimum absolute atomic E-state index is 0.135. The van der Waals surface area contributed by atoms with Crippen LogP contribution in [0.15, 0.2) is 24.3 Å². The van der Waals surface area contributed by atoms with Crippen molar-refractivity contribution in [1.29, 1.82) is 0 Å². The Morgan fingerprint density at radius 1 is 1.50 bits per heavy atom. The minimum Gasteiger partial charge on any atom is -0.481 e. The maximum Gasteiger partial charge on any atom is 0.312 e. The molecule has 0 aromatic heterocycles. The van der Waals surface area contributed by atoms with Crippen LogP contribution in [0, 0.1) is 5.92 Å². The molecule has 18 heavy (non-hydrogen) atoms. The second-order valence-corrected chi connectivity index (χ2v) is 5.07. The van der Waals surface area contributed by atoms with Crippen LogP contribution in [0.4, 0.5) is 0 Å². The fraction of sp³-hybridized carbons (Fsp3) is 0.500. The van der Waals surface area contributed by atoms with Crippen molar-refractivity contribution in [3.63, 3.8) is 0 Å². The molecule has 1 heterocycles. The van der Waals surface area contributed by atoms with E-state index >= 15 is 0 Å². The second kappa shape index (κ2) is 5.50. The lowest BCUT2D eigenvalue weighted by molar-refractivity contribution is -0.139. The third-order valence-electron chi connectivity index (χ3n) is 3.44. The molecule has 2 rings (SSSR count). The van der Waals surface area contributed by atoms with Crippen molar-refractivity contribution >= 4 is 5.97 Å². The summed E-state index contributed by atoms with van der Waals surface area (Å²) in [7, 11) is 0. The van der Waals surface area contributed by atoms with Gasteiger partial charge in [-0.2, -0.15) is 0 Å². The Labute approximate surface area is 107 Å². The van der Waals surface area contributed by atoms with Gasteiger partial charge in [0.2, 0.25) is 0 Å². The van der Waals surface area contributed by atoms with Crippen LogP contribution in [0.25, 0.3) is 0 Å². The normalized spacial score (nSPS) is 21.3. The van der Waals surface area contributed by atoms with Gasteiger partial charge >= 0.3 is 5.97 Å². The summed E-state index contributed by atoms with van der Waals surface area (Å²) in [6, 6.07) is 7.72. The molecule has 0 fully saturated rings. The average molecular weight is 249 g/mol. The second-order valence-electron chi connectivity index (χ2n) is 5.07. The van der Waals surface area contributed by atoms with Gasteiger partial charge in [-0.15, -0.1) is 0 Å². The largest absolute Gasteiger partial charge is 0.481 e. The molecule has 1 aromatic rings. The van der Waals surface area contributed by atoms with Crippen molar-refractivity contribution in [2.24, 2.45) is 5.92 Å². The number of rotatable bonds is 4. The van der Waals surface area contributed by atoms with Gasteiger partial charge in [0.1, 0.15) is 0 Å².